The fourth-order valence-corrected chi connectivity index (χ4v) is 2.66. The second-order valence-corrected chi connectivity index (χ2v) is 5.49. The van der Waals surface area contributed by atoms with Crippen molar-refractivity contribution >= 4 is 5.91 Å². The fourth-order valence-electron chi connectivity index (χ4n) is 2.66. The average molecular weight is 297 g/mol. The van der Waals surface area contributed by atoms with Gasteiger partial charge in [-0.1, -0.05) is 42.8 Å². The highest BCUT2D eigenvalue weighted by molar-refractivity contribution is 5.96. The summed E-state index contributed by atoms with van der Waals surface area (Å²) >= 11 is 0. The van der Waals surface area contributed by atoms with E-state index in [0.29, 0.717) is 0 Å². The highest BCUT2D eigenvalue weighted by Crippen LogP contribution is 2.27. The van der Waals surface area contributed by atoms with Gasteiger partial charge in [-0.2, -0.15) is 0 Å². The lowest BCUT2D eigenvalue weighted by atomic mass is 10.0. The van der Waals surface area contributed by atoms with Crippen molar-refractivity contribution in [2.75, 3.05) is 7.11 Å². The summed E-state index contributed by atoms with van der Waals surface area (Å²) in [4.78, 5) is 12.6. The summed E-state index contributed by atoms with van der Waals surface area (Å²) in [7, 11) is 1.65. The van der Waals surface area contributed by atoms with Crippen molar-refractivity contribution in [3.8, 4) is 5.75 Å². The van der Waals surface area contributed by atoms with E-state index >= 15 is 0 Å². The molecule has 1 amide bonds. The molecule has 3 heteroatoms. The maximum Gasteiger partial charge on any atom is 0.252 e. The standard InChI is InChI=1S/C19H23NO2/c1-5-17(16-8-6-7-9-18(16)22-4)20-19(21)15-11-10-13(2)12-14(15)3/h6-12,17H,5H2,1-4H3,(H,20,21). The summed E-state index contributed by atoms with van der Waals surface area (Å²) in [5.74, 6) is 0.755. The quantitative estimate of drug-likeness (QED) is 0.898. The van der Waals surface area contributed by atoms with Gasteiger partial charge in [-0.05, 0) is 38.0 Å². The van der Waals surface area contributed by atoms with Gasteiger partial charge < -0.3 is 10.1 Å². The van der Waals surface area contributed by atoms with Gasteiger partial charge in [0.15, 0.2) is 0 Å². The number of ether oxygens (including phenoxy) is 1. The van der Waals surface area contributed by atoms with Crippen LogP contribution in [0.15, 0.2) is 42.5 Å². The molecule has 0 aromatic heterocycles. The smallest absolute Gasteiger partial charge is 0.252 e. The largest absolute Gasteiger partial charge is 0.496 e. The molecule has 1 atom stereocenters. The summed E-state index contributed by atoms with van der Waals surface area (Å²) in [6.07, 6.45) is 0.803. The lowest BCUT2D eigenvalue weighted by Crippen LogP contribution is -2.29. The molecule has 22 heavy (non-hydrogen) atoms. The van der Waals surface area contributed by atoms with Crippen LogP contribution in [0.25, 0.3) is 0 Å². The normalized spacial score (nSPS) is 11.8. The molecule has 1 N–H and O–H groups in total. The van der Waals surface area contributed by atoms with Gasteiger partial charge in [-0.15, -0.1) is 0 Å². The topological polar surface area (TPSA) is 38.3 Å². The third-order valence-electron chi connectivity index (χ3n) is 3.85. The molecular formula is C19H23NO2. The molecule has 0 fully saturated rings. The fraction of sp³-hybridized carbons (Fsp3) is 0.316. The summed E-state index contributed by atoms with van der Waals surface area (Å²) in [6.45, 7) is 6.05. The number of benzene rings is 2. The number of carbonyl (C=O) groups is 1. The van der Waals surface area contributed by atoms with E-state index in [9.17, 15) is 4.79 Å². The average Bonchev–Trinajstić information content (AvgIpc) is 2.52. The van der Waals surface area contributed by atoms with Gasteiger partial charge in [0.05, 0.1) is 13.2 Å². The number of carbonyl (C=O) groups excluding carboxylic acids is 1. The van der Waals surface area contributed by atoms with Crippen LogP contribution >= 0.6 is 0 Å². The van der Waals surface area contributed by atoms with Crippen molar-refractivity contribution in [1.82, 2.24) is 5.32 Å². The third-order valence-corrected chi connectivity index (χ3v) is 3.85. The molecule has 3 nitrogen and oxygen atoms in total. The number of methoxy groups -OCH3 is 1. The third kappa shape index (κ3) is 3.48. The number of aryl methyl sites for hydroxylation is 2. The monoisotopic (exact) mass is 297 g/mol. The molecule has 0 saturated carbocycles. The number of amides is 1. The van der Waals surface area contributed by atoms with Gasteiger partial charge >= 0.3 is 0 Å². The zero-order valence-electron chi connectivity index (χ0n) is 13.6. The van der Waals surface area contributed by atoms with Crippen LogP contribution in [0.3, 0.4) is 0 Å². The predicted octanol–water partition coefficient (Wildman–Crippen LogP) is 4.19. The first-order chi connectivity index (χ1) is 10.6. The minimum atomic E-state index is -0.0654. The van der Waals surface area contributed by atoms with Crippen LogP contribution in [-0.4, -0.2) is 13.0 Å². The Morgan fingerprint density at radius 2 is 1.91 bits per heavy atom. The van der Waals surface area contributed by atoms with E-state index in [4.69, 9.17) is 4.74 Å². The second-order valence-electron chi connectivity index (χ2n) is 5.49. The van der Waals surface area contributed by atoms with Crippen LogP contribution in [-0.2, 0) is 0 Å². The highest BCUT2D eigenvalue weighted by Gasteiger charge is 2.18. The van der Waals surface area contributed by atoms with Crippen LogP contribution in [0, 0.1) is 13.8 Å². The Labute approximate surface area is 132 Å². The van der Waals surface area contributed by atoms with Crippen LogP contribution in [0.2, 0.25) is 0 Å². The summed E-state index contributed by atoms with van der Waals surface area (Å²) < 4.78 is 5.40. The van der Waals surface area contributed by atoms with Crippen molar-refractivity contribution in [3.05, 3.63) is 64.7 Å². The Hall–Kier alpha value is -2.29. The van der Waals surface area contributed by atoms with E-state index in [2.05, 4.69) is 12.2 Å². The van der Waals surface area contributed by atoms with Crippen molar-refractivity contribution < 1.29 is 9.53 Å². The van der Waals surface area contributed by atoms with Gasteiger partial charge in [0.1, 0.15) is 5.75 Å². The van der Waals surface area contributed by atoms with E-state index in [1.165, 1.54) is 0 Å². The van der Waals surface area contributed by atoms with E-state index in [1.807, 2.05) is 56.3 Å². The first-order valence-corrected chi connectivity index (χ1v) is 7.57. The Kier molecular flexibility index (Phi) is 5.21. The van der Waals surface area contributed by atoms with Crippen LogP contribution in [0.1, 0.15) is 46.4 Å². The number of para-hydroxylation sites is 1. The molecule has 0 aliphatic carbocycles. The maximum atomic E-state index is 12.6. The van der Waals surface area contributed by atoms with Crippen molar-refractivity contribution in [2.24, 2.45) is 0 Å². The molecule has 0 heterocycles. The van der Waals surface area contributed by atoms with E-state index in [1.54, 1.807) is 7.11 Å². The van der Waals surface area contributed by atoms with E-state index < -0.39 is 0 Å². The van der Waals surface area contributed by atoms with E-state index in [0.717, 1.165) is 34.4 Å². The predicted molar refractivity (Wildman–Crippen MR) is 89.4 cm³/mol. The van der Waals surface area contributed by atoms with Crippen LogP contribution in [0.4, 0.5) is 0 Å². The lowest BCUT2D eigenvalue weighted by Gasteiger charge is -2.20. The molecule has 2 aromatic carbocycles. The van der Waals surface area contributed by atoms with Gasteiger partial charge in [-0.25, -0.2) is 0 Å². The van der Waals surface area contributed by atoms with Gasteiger partial charge in [0.25, 0.3) is 5.91 Å². The van der Waals surface area contributed by atoms with E-state index in [-0.39, 0.29) is 11.9 Å². The first kappa shape index (κ1) is 16.1. The lowest BCUT2D eigenvalue weighted by molar-refractivity contribution is 0.0934. The minimum absolute atomic E-state index is 0.0461. The Morgan fingerprint density at radius 3 is 2.55 bits per heavy atom. The van der Waals surface area contributed by atoms with Gasteiger partial charge in [-0.3, -0.25) is 4.79 Å². The van der Waals surface area contributed by atoms with Crippen LogP contribution in [0.5, 0.6) is 5.75 Å². The van der Waals surface area contributed by atoms with Crippen molar-refractivity contribution in [3.63, 3.8) is 0 Å². The molecule has 0 aliphatic heterocycles. The molecule has 0 aliphatic rings. The van der Waals surface area contributed by atoms with Crippen molar-refractivity contribution in [2.45, 2.75) is 33.2 Å². The Bertz CT molecular complexity index is 664. The molecule has 0 radical (unpaired) electrons. The molecule has 0 saturated heterocycles. The van der Waals surface area contributed by atoms with Gasteiger partial charge in [0, 0.05) is 11.1 Å². The number of hydrogen-bond acceptors (Lipinski definition) is 2. The van der Waals surface area contributed by atoms with Gasteiger partial charge in [0.2, 0.25) is 0 Å². The maximum absolute atomic E-state index is 12.6. The second kappa shape index (κ2) is 7.12. The number of hydrogen-bond donors (Lipinski definition) is 1. The summed E-state index contributed by atoms with van der Waals surface area (Å²) in [5, 5.41) is 3.12. The van der Waals surface area contributed by atoms with Crippen molar-refractivity contribution in [1.29, 1.82) is 0 Å². The summed E-state index contributed by atoms with van der Waals surface area (Å²) in [6, 6.07) is 13.6. The SMILES string of the molecule is CCC(NC(=O)c1ccc(C)cc1C)c1ccccc1OC. The summed E-state index contributed by atoms with van der Waals surface area (Å²) in [5.41, 5.74) is 3.88. The molecule has 2 aromatic rings. The minimum Gasteiger partial charge on any atom is -0.496 e. The molecule has 116 valence electrons. The molecule has 1 unspecified atom stereocenters. The Morgan fingerprint density at radius 1 is 1.18 bits per heavy atom. The molecular weight excluding hydrogens is 274 g/mol. The number of rotatable bonds is 5. The zero-order chi connectivity index (χ0) is 16.1. The first-order valence-electron chi connectivity index (χ1n) is 7.57. The molecule has 2 rings (SSSR count). The molecule has 0 bridgehead atoms. The zero-order valence-corrected chi connectivity index (χ0v) is 13.6. The highest BCUT2D eigenvalue weighted by atomic mass is 16.5. The van der Waals surface area contributed by atoms with Crippen LogP contribution < -0.4 is 10.1 Å². The Balaban J connectivity index is 2.24. The number of nitrogens with one attached hydrogen (secondary N) is 1. The molecule has 0 spiro atoms.